The Morgan fingerprint density at radius 2 is 1.76 bits per heavy atom. The third kappa shape index (κ3) is 7.64. The van der Waals surface area contributed by atoms with Gasteiger partial charge in [-0.1, -0.05) is 36.4 Å². The maximum absolute atomic E-state index is 12.6. The average molecular weight is 452 g/mol. The molecule has 7 nitrogen and oxygen atoms in total. The fourth-order valence-electron chi connectivity index (χ4n) is 3.59. The topological polar surface area (TPSA) is 71.1 Å². The number of nitrogens with one attached hydrogen (secondary N) is 1. The Hall–Kier alpha value is -3.32. The minimum atomic E-state index is -0.0374. The van der Waals surface area contributed by atoms with Crippen LogP contribution in [-0.2, 0) is 16.1 Å². The predicted octanol–water partition coefficient (Wildman–Crippen LogP) is 2.96. The summed E-state index contributed by atoms with van der Waals surface area (Å²) >= 11 is 0. The number of methoxy groups -OCH3 is 1. The van der Waals surface area contributed by atoms with Crippen LogP contribution in [0.3, 0.4) is 0 Å². The van der Waals surface area contributed by atoms with Crippen LogP contribution < -0.4 is 14.8 Å². The van der Waals surface area contributed by atoms with Crippen LogP contribution in [0, 0.1) is 0 Å². The second-order valence-corrected chi connectivity index (χ2v) is 8.27. The molecule has 2 aromatic rings. The van der Waals surface area contributed by atoms with Gasteiger partial charge in [0.25, 0.3) is 0 Å². The highest BCUT2D eigenvalue weighted by Gasteiger charge is 2.21. The summed E-state index contributed by atoms with van der Waals surface area (Å²) in [6.07, 6.45) is 3.42. The zero-order chi connectivity index (χ0) is 23.6. The van der Waals surface area contributed by atoms with Crippen molar-refractivity contribution in [3.63, 3.8) is 0 Å². The number of rotatable bonds is 9. The van der Waals surface area contributed by atoms with E-state index in [1.807, 2.05) is 67.3 Å². The van der Waals surface area contributed by atoms with Crippen molar-refractivity contribution in [2.75, 3.05) is 39.8 Å². The van der Waals surface area contributed by atoms with E-state index in [0.717, 1.165) is 11.1 Å². The number of carbonyl (C=O) groups is 2. The molecule has 2 aromatic carbocycles. The van der Waals surface area contributed by atoms with Crippen LogP contribution >= 0.6 is 0 Å². The second kappa shape index (κ2) is 12.1. The largest absolute Gasteiger partial charge is 0.493 e. The first-order chi connectivity index (χ1) is 15.9. The molecule has 7 heteroatoms. The van der Waals surface area contributed by atoms with E-state index in [4.69, 9.17) is 9.47 Å². The van der Waals surface area contributed by atoms with Gasteiger partial charge in [0, 0.05) is 38.8 Å². The summed E-state index contributed by atoms with van der Waals surface area (Å²) in [5.41, 5.74) is 1.94. The average Bonchev–Trinajstić information content (AvgIpc) is 2.82. The maximum Gasteiger partial charge on any atom is 0.246 e. The molecule has 0 saturated carbocycles. The molecule has 1 fully saturated rings. The number of benzene rings is 2. The Morgan fingerprint density at radius 1 is 1.03 bits per heavy atom. The molecule has 1 aliphatic heterocycles. The van der Waals surface area contributed by atoms with E-state index in [1.54, 1.807) is 19.3 Å². The van der Waals surface area contributed by atoms with Crippen LogP contribution in [0.15, 0.2) is 54.6 Å². The van der Waals surface area contributed by atoms with E-state index in [-0.39, 0.29) is 17.9 Å². The lowest BCUT2D eigenvalue weighted by Crippen LogP contribution is -2.50. The lowest BCUT2D eigenvalue weighted by Gasteiger charge is -2.33. The van der Waals surface area contributed by atoms with Crippen molar-refractivity contribution in [2.45, 2.75) is 26.5 Å². The summed E-state index contributed by atoms with van der Waals surface area (Å²) in [6, 6.07) is 15.5. The van der Waals surface area contributed by atoms with Crippen LogP contribution in [0.4, 0.5) is 0 Å². The van der Waals surface area contributed by atoms with Crippen LogP contribution in [0.5, 0.6) is 11.5 Å². The first kappa shape index (κ1) is 24.3. The molecule has 0 aliphatic carbocycles. The van der Waals surface area contributed by atoms with Gasteiger partial charge in [-0.2, -0.15) is 0 Å². The third-order valence-electron chi connectivity index (χ3n) is 5.35. The van der Waals surface area contributed by atoms with Crippen molar-refractivity contribution < 1.29 is 19.1 Å². The SMILES string of the molecule is COc1cc(/C=C/C(=O)N2CCN(CC(=O)NCc3ccccc3)CC2)ccc1OC(C)C. The second-order valence-electron chi connectivity index (χ2n) is 8.27. The van der Waals surface area contributed by atoms with Gasteiger partial charge in [-0.3, -0.25) is 14.5 Å². The summed E-state index contributed by atoms with van der Waals surface area (Å²) in [7, 11) is 1.60. The quantitative estimate of drug-likeness (QED) is 0.594. The maximum atomic E-state index is 12.6. The fourth-order valence-corrected chi connectivity index (χ4v) is 3.59. The smallest absolute Gasteiger partial charge is 0.246 e. The van der Waals surface area contributed by atoms with E-state index in [2.05, 4.69) is 10.2 Å². The molecule has 0 spiro atoms. The number of carbonyl (C=O) groups excluding carboxylic acids is 2. The summed E-state index contributed by atoms with van der Waals surface area (Å²) in [4.78, 5) is 28.7. The van der Waals surface area contributed by atoms with Crippen molar-refractivity contribution in [1.82, 2.24) is 15.1 Å². The molecule has 0 unspecified atom stereocenters. The number of nitrogens with zero attached hydrogens (tertiary/aromatic N) is 2. The van der Waals surface area contributed by atoms with Gasteiger partial charge < -0.3 is 19.7 Å². The molecule has 1 aliphatic rings. The van der Waals surface area contributed by atoms with Gasteiger partial charge in [-0.15, -0.1) is 0 Å². The molecule has 3 rings (SSSR count). The van der Waals surface area contributed by atoms with Crippen molar-refractivity contribution in [3.8, 4) is 11.5 Å². The van der Waals surface area contributed by atoms with E-state index < -0.39 is 0 Å². The Morgan fingerprint density at radius 3 is 2.42 bits per heavy atom. The zero-order valence-electron chi connectivity index (χ0n) is 19.6. The van der Waals surface area contributed by atoms with Gasteiger partial charge in [0.2, 0.25) is 11.8 Å². The van der Waals surface area contributed by atoms with Gasteiger partial charge in [-0.25, -0.2) is 0 Å². The lowest BCUT2D eigenvalue weighted by atomic mass is 10.1. The summed E-state index contributed by atoms with van der Waals surface area (Å²) in [6.45, 7) is 7.33. The van der Waals surface area contributed by atoms with Gasteiger partial charge in [0.15, 0.2) is 11.5 Å². The lowest BCUT2D eigenvalue weighted by molar-refractivity contribution is -0.128. The molecule has 176 valence electrons. The van der Waals surface area contributed by atoms with Crippen molar-refractivity contribution in [3.05, 3.63) is 65.7 Å². The van der Waals surface area contributed by atoms with Gasteiger partial charge >= 0.3 is 0 Å². The van der Waals surface area contributed by atoms with E-state index in [9.17, 15) is 9.59 Å². The third-order valence-corrected chi connectivity index (χ3v) is 5.35. The number of hydrogen-bond acceptors (Lipinski definition) is 5. The standard InChI is InChI=1S/C26H33N3O4/c1-20(2)33-23-11-9-21(17-24(23)32-3)10-12-26(31)29-15-13-28(14-16-29)19-25(30)27-18-22-7-5-4-6-8-22/h4-12,17,20H,13-16,18-19H2,1-3H3,(H,27,30)/b12-10+. The molecular formula is C26H33N3O4. The first-order valence-electron chi connectivity index (χ1n) is 11.3. The number of hydrogen-bond donors (Lipinski definition) is 1. The predicted molar refractivity (Wildman–Crippen MR) is 129 cm³/mol. The van der Waals surface area contributed by atoms with E-state index >= 15 is 0 Å². The molecule has 1 saturated heterocycles. The zero-order valence-corrected chi connectivity index (χ0v) is 19.6. The Kier molecular flexibility index (Phi) is 8.89. The number of amides is 2. The fraction of sp³-hybridized carbons (Fsp3) is 0.385. The molecule has 33 heavy (non-hydrogen) atoms. The van der Waals surface area contributed by atoms with Gasteiger partial charge in [-0.05, 0) is 43.2 Å². The van der Waals surface area contributed by atoms with Crippen molar-refractivity contribution >= 4 is 17.9 Å². The summed E-state index contributed by atoms with van der Waals surface area (Å²) in [5, 5.41) is 2.95. The molecule has 1 N–H and O–H groups in total. The Labute approximate surface area is 196 Å². The van der Waals surface area contributed by atoms with Crippen molar-refractivity contribution in [1.29, 1.82) is 0 Å². The monoisotopic (exact) mass is 451 g/mol. The van der Waals surface area contributed by atoms with Gasteiger partial charge in [0.05, 0.1) is 19.8 Å². The van der Waals surface area contributed by atoms with Crippen LogP contribution in [0.2, 0.25) is 0 Å². The van der Waals surface area contributed by atoms with Crippen LogP contribution in [0.1, 0.15) is 25.0 Å². The van der Waals surface area contributed by atoms with Gasteiger partial charge in [0.1, 0.15) is 0 Å². The highest BCUT2D eigenvalue weighted by molar-refractivity contribution is 5.92. The highest BCUT2D eigenvalue weighted by Crippen LogP contribution is 2.29. The minimum Gasteiger partial charge on any atom is -0.493 e. The number of ether oxygens (including phenoxy) is 2. The summed E-state index contributed by atoms with van der Waals surface area (Å²) in [5.74, 6) is 1.28. The molecule has 0 atom stereocenters. The minimum absolute atomic E-state index is 0.00244. The van der Waals surface area contributed by atoms with E-state index in [1.165, 1.54) is 0 Å². The Bertz CT molecular complexity index is 951. The van der Waals surface area contributed by atoms with Crippen LogP contribution in [0.25, 0.3) is 6.08 Å². The number of piperazine rings is 1. The molecule has 0 bridgehead atoms. The highest BCUT2D eigenvalue weighted by atomic mass is 16.5. The normalized spacial score (nSPS) is 14.5. The first-order valence-corrected chi connectivity index (χ1v) is 11.3. The molecule has 2 amide bonds. The van der Waals surface area contributed by atoms with Crippen LogP contribution in [-0.4, -0.2) is 67.6 Å². The molecular weight excluding hydrogens is 418 g/mol. The molecule has 1 heterocycles. The van der Waals surface area contributed by atoms with E-state index in [0.29, 0.717) is 50.8 Å². The Balaban J connectivity index is 1.44. The molecule has 0 aromatic heterocycles. The summed E-state index contributed by atoms with van der Waals surface area (Å²) < 4.78 is 11.1. The van der Waals surface area contributed by atoms with Crippen molar-refractivity contribution in [2.24, 2.45) is 0 Å². The molecule has 0 radical (unpaired) electrons.